The Kier molecular flexibility index (Phi) is 4.48. The molecule has 23 heavy (non-hydrogen) atoms. The summed E-state index contributed by atoms with van der Waals surface area (Å²) in [4.78, 5) is 2.25. The fraction of sp³-hybridized carbons (Fsp3) is 0.250. The van der Waals surface area contributed by atoms with Crippen LogP contribution < -0.4 is 14.8 Å². The maximum atomic E-state index is 11.5. The second-order valence-electron chi connectivity index (χ2n) is 5.37. The van der Waals surface area contributed by atoms with E-state index < -0.39 is 10.0 Å². The van der Waals surface area contributed by atoms with Gasteiger partial charge >= 0.3 is 0 Å². The molecule has 2 N–H and O–H groups in total. The van der Waals surface area contributed by atoms with Gasteiger partial charge in [-0.05, 0) is 48.4 Å². The van der Waals surface area contributed by atoms with Crippen molar-refractivity contribution in [2.45, 2.75) is 11.3 Å². The van der Waals surface area contributed by atoms with E-state index in [1.807, 2.05) is 18.2 Å². The zero-order valence-corrected chi connectivity index (χ0v) is 14.0. The van der Waals surface area contributed by atoms with E-state index in [1.165, 1.54) is 0 Å². The van der Waals surface area contributed by atoms with Gasteiger partial charge in [0.15, 0.2) is 0 Å². The van der Waals surface area contributed by atoms with Gasteiger partial charge in [0.1, 0.15) is 12.4 Å². The van der Waals surface area contributed by atoms with Crippen molar-refractivity contribution in [3.05, 3.63) is 53.1 Å². The number of nitrogens with zero attached hydrogens (tertiary/aromatic N) is 1. The molecule has 0 bridgehead atoms. The van der Waals surface area contributed by atoms with Gasteiger partial charge in [-0.15, -0.1) is 0 Å². The van der Waals surface area contributed by atoms with Crippen molar-refractivity contribution in [1.82, 2.24) is 0 Å². The summed E-state index contributed by atoms with van der Waals surface area (Å²) >= 11 is 5.83. The van der Waals surface area contributed by atoms with E-state index in [-0.39, 0.29) is 4.90 Å². The molecule has 1 aliphatic rings. The molecule has 7 heteroatoms. The van der Waals surface area contributed by atoms with Crippen LogP contribution >= 0.6 is 11.6 Å². The first-order valence-electron chi connectivity index (χ1n) is 7.22. The number of ether oxygens (including phenoxy) is 1. The average molecular weight is 353 g/mol. The summed E-state index contributed by atoms with van der Waals surface area (Å²) in [5.74, 6) is 0.757. The Balaban J connectivity index is 1.66. The third-order valence-electron chi connectivity index (χ3n) is 3.82. The minimum Gasteiger partial charge on any atom is -0.492 e. The number of fused-ring (bicyclic) bond motifs is 1. The lowest BCUT2D eigenvalue weighted by Crippen LogP contribution is -2.26. The summed E-state index contributed by atoms with van der Waals surface area (Å²) in [5, 5.41) is 5.87. The van der Waals surface area contributed by atoms with Crippen LogP contribution in [-0.2, 0) is 16.4 Å². The molecule has 1 aliphatic heterocycles. The van der Waals surface area contributed by atoms with Gasteiger partial charge < -0.3 is 9.64 Å². The lowest BCUT2D eigenvalue weighted by Gasteiger charge is -2.20. The molecular weight excluding hydrogens is 336 g/mol. The van der Waals surface area contributed by atoms with Gasteiger partial charge in [-0.1, -0.05) is 17.7 Å². The number of rotatable bonds is 5. The summed E-state index contributed by atoms with van der Waals surface area (Å²) in [7, 11) is -3.69. The Morgan fingerprint density at radius 2 is 1.91 bits per heavy atom. The van der Waals surface area contributed by atoms with E-state index in [2.05, 4.69) is 4.90 Å². The third kappa shape index (κ3) is 3.77. The van der Waals surface area contributed by atoms with Crippen molar-refractivity contribution in [1.29, 1.82) is 0 Å². The highest BCUT2D eigenvalue weighted by molar-refractivity contribution is 7.89. The van der Waals surface area contributed by atoms with E-state index >= 15 is 0 Å². The highest BCUT2D eigenvalue weighted by Gasteiger charge is 2.21. The van der Waals surface area contributed by atoms with Crippen LogP contribution in [0.4, 0.5) is 5.69 Å². The maximum absolute atomic E-state index is 11.5. The summed E-state index contributed by atoms with van der Waals surface area (Å²) in [5.41, 5.74) is 2.04. The number of benzene rings is 2. The minimum absolute atomic E-state index is 0.141. The fourth-order valence-electron chi connectivity index (χ4n) is 2.64. The van der Waals surface area contributed by atoms with Crippen LogP contribution in [0.5, 0.6) is 5.75 Å². The van der Waals surface area contributed by atoms with Crippen LogP contribution in [0.3, 0.4) is 0 Å². The molecule has 122 valence electrons. The van der Waals surface area contributed by atoms with Gasteiger partial charge in [-0.25, -0.2) is 13.6 Å². The van der Waals surface area contributed by atoms with E-state index in [0.29, 0.717) is 18.2 Å². The standard InChI is InChI=1S/C16H17ClN2O3S/c17-13-2-4-14(5-3-13)22-10-9-19-8-7-12-1-6-15(11-16(12)19)23(18,20)21/h1-6,11H,7-10H2,(H2,18,20,21). The van der Waals surface area contributed by atoms with E-state index in [4.69, 9.17) is 21.5 Å². The normalized spacial score (nSPS) is 13.9. The molecule has 0 unspecified atom stereocenters. The van der Waals surface area contributed by atoms with Crippen LogP contribution in [0.25, 0.3) is 0 Å². The molecule has 1 heterocycles. The second kappa shape index (κ2) is 6.39. The van der Waals surface area contributed by atoms with Crippen molar-refractivity contribution >= 4 is 27.3 Å². The van der Waals surface area contributed by atoms with Gasteiger partial charge in [-0.3, -0.25) is 0 Å². The molecule has 0 fully saturated rings. The monoisotopic (exact) mass is 352 g/mol. The molecule has 0 aliphatic carbocycles. The van der Waals surface area contributed by atoms with Crippen molar-refractivity contribution in [2.24, 2.45) is 5.14 Å². The molecule has 0 aromatic heterocycles. The maximum Gasteiger partial charge on any atom is 0.238 e. The molecular formula is C16H17ClN2O3S. The van der Waals surface area contributed by atoms with Gasteiger partial charge in [0.05, 0.1) is 11.4 Å². The lowest BCUT2D eigenvalue weighted by atomic mass is 10.2. The van der Waals surface area contributed by atoms with Crippen molar-refractivity contribution in [3.8, 4) is 5.75 Å². The number of halogens is 1. The van der Waals surface area contributed by atoms with Crippen LogP contribution in [0, 0.1) is 0 Å². The summed E-state index contributed by atoms with van der Waals surface area (Å²) < 4.78 is 28.7. The van der Waals surface area contributed by atoms with Gasteiger partial charge in [0.2, 0.25) is 10.0 Å². The highest BCUT2D eigenvalue weighted by atomic mass is 35.5. The summed E-state index contributed by atoms with van der Waals surface area (Å²) in [6.45, 7) is 2.01. The highest BCUT2D eigenvalue weighted by Crippen LogP contribution is 2.30. The Bertz CT molecular complexity index is 807. The number of sulfonamides is 1. The van der Waals surface area contributed by atoms with Gasteiger partial charge in [-0.2, -0.15) is 0 Å². The molecule has 0 spiro atoms. The molecule has 0 amide bonds. The number of hydrogen-bond acceptors (Lipinski definition) is 4. The first-order valence-corrected chi connectivity index (χ1v) is 9.15. The molecule has 0 saturated carbocycles. The van der Waals surface area contributed by atoms with Crippen LogP contribution in [0.1, 0.15) is 5.56 Å². The molecule has 0 radical (unpaired) electrons. The predicted molar refractivity (Wildman–Crippen MR) is 90.7 cm³/mol. The quantitative estimate of drug-likeness (QED) is 0.897. The van der Waals surface area contributed by atoms with Crippen molar-refractivity contribution in [3.63, 3.8) is 0 Å². The van der Waals surface area contributed by atoms with Crippen molar-refractivity contribution in [2.75, 3.05) is 24.6 Å². The van der Waals surface area contributed by atoms with Crippen LogP contribution in [0.2, 0.25) is 5.02 Å². The largest absolute Gasteiger partial charge is 0.492 e. The first-order chi connectivity index (χ1) is 10.9. The predicted octanol–water partition coefficient (Wildman–Crippen LogP) is 2.43. The Morgan fingerprint density at radius 3 is 2.61 bits per heavy atom. The molecule has 3 rings (SSSR count). The molecule has 2 aromatic carbocycles. The number of hydrogen-bond donors (Lipinski definition) is 1. The van der Waals surface area contributed by atoms with Crippen molar-refractivity contribution < 1.29 is 13.2 Å². The number of nitrogens with two attached hydrogens (primary N) is 1. The van der Waals surface area contributed by atoms with Crippen LogP contribution in [-0.4, -0.2) is 28.1 Å². The number of primary sulfonamides is 1. The average Bonchev–Trinajstić information content (AvgIpc) is 2.91. The Hall–Kier alpha value is -1.76. The van der Waals surface area contributed by atoms with Crippen LogP contribution in [0.15, 0.2) is 47.4 Å². The smallest absolute Gasteiger partial charge is 0.238 e. The third-order valence-corrected chi connectivity index (χ3v) is 4.98. The van der Waals surface area contributed by atoms with E-state index in [1.54, 1.807) is 24.3 Å². The zero-order valence-electron chi connectivity index (χ0n) is 12.4. The molecule has 0 atom stereocenters. The fourth-order valence-corrected chi connectivity index (χ4v) is 3.30. The minimum atomic E-state index is -3.69. The summed E-state index contributed by atoms with van der Waals surface area (Å²) in [6.07, 6.45) is 0.890. The molecule has 5 nitrogen and oxygen atoms in total. The second-order valence-corrected chi connectivity index (χ2v) is 7.37. The summed E-state index contributed by atoms with van der Waals surface area (Å²) in [6, 6.07) is 12.2. The zero-order chi connectivity index (χ0) is 16.4. The van der Waals surface area contributed by atoms with Gasteiger partial charge in [0.25, 0.3) is 0 Å². The molecule has 0 saturated heterocycles. The number of anilines is 1. The lowest BCUT2D eigenvalue weighted by molar-refractivity contribution is 0.324. The SMILES string of the molecule is NS(=O)(=O)c1ccc2c(c1)N(CCOc1ccc(Cl)cc1)CC2. The Morgan fingerprint density at radius 1 is 1.17 bits per heavy atom. The van der Waals surface area contributed by atoms with Gasteiger partial charge in [0, 0.05) is 17.3 Å². The first kappa shape index (κ1) is 16.1. The van der Waals surface area contributed by atoms with E-state index in [0.717, 1.165) is 30.0 Å². The topological polar surface area (TPSA) is 72.6 Å². The van der Waals surface area contributed by atoms with E-state index in [9.17, 15) is 8.42 Å². The molecule has 2 aromatic rings. The Labute approximate surface area is 140 Å².